The van der Waals surface area contributed by atoms with E-state index in [-0.39, 0.29) is 12.0 Å². The van der Waals surface area contributed by atoms with Gasteiger partial charge in [0.05, 0.1) is 0 Å². The summed E-state index contributed by atoms with van der Waals surface area (Å²) in [6.45, 7) is 4.46. The van der Waals surface area contributed by atoms with E-state index in [1.165, 1.54) is 0 Å². The molecule has 0 spiro atoms. The van der Waals surface area contributed by atoms with Gasteiger partial charge in [0, 0.05) is 25.7 Å². The Hall–Kier alpha value is -1.97. The molecule has 0 aliphatic carbocycles. The number of carbonyl (C=O) groups excluding carboxylic acids is 1. The van der Waals surface area contributed by atoms with Crippen LogP contribution < -0.4 is 10.5 Å². The Balaban J connectivity index is 2.18. The SMILES string of the molecule is C=CCc1cc(N)ccc1OC1CCN(C)C1=O. The molecule has 1 aliphatic rings. The molecule has 4 heteroatoms. The number of benzene rings is 1. The largest absolute Gasteiger partial charge is 0.480 e. The van der Waals surface area contributed by atoms with Crippen molar-refractivity contribution in [3.63, 3.8) is 0 Å². The molecule has 96 valence electrons. The number of allylic oxidation sites excluding steroid dienone is 1. The van der Waals surface area contributed by atoms with E-state index in [0.717, 1.165) is 24.3 Å². The summed E-state index contributed by atoms with van der Waals surface area (Å²) in [6.07, 6.45) is 2.83. The van der Waals surface area contributed by atoms with Crippen LogP contribution in [0, 0.1) is 0 Å². The predicted molar refractivity (Wildman–Crippen MR) is 71.4 cm³/mol. The van der Waals surface area contributed by atoms with E-state index in [1.807, 2.05) is 12.1 Å². The molecule has 4 nitrogen and oxygen atoms in total. The highest BCUT2D eigenvalue weighted by Gasteiger charge is 2.31. The molecule has 1 atom stereocenters. The van der Waals surface area contributed by atoms with E-state index < -0.39 is 0 Å². The standard InChI is InChI=1S/C14H18N2O2/c1-3-4-10-9-11(15)5-6-12(10)18-13-7-8-16(2)14(13)17/h3,5-6,9,13H,1,4,7-8,15H2,2H3. The van der Waals surface area contributed by atoms with Crippen LogP contribution in [0.3, 0.4) is 0 Å². The van der Waals surface area contributed by atoms with Crippen molar-refractivity contribution >= 4 is 11.6 Å². The van der Waals surface area contributed by atoms with Crippen molar-refractivity contribution in [2.24, 2.45) is 0 Å². The molecule has 1 heterocycles. The van der Waals surface area contributed by atoms with Crippen molar-refractivity contribution in [1.29, 1.82) is 0 Å². The monoisotopic (exact) mass is 246 g/mol. The molecule has 1 aliphatic heterocycles. The number of hydrogen-bond acceptors (Lipinski definition) is 3. The number of ether oxygens (including phenoxy) is 1. The second kappa shape index (κ2) is 5.12. The normalized spacial score (nSPS) is 19.1. The Morgan fingerprint density at radius 2 is 2.39 bits per heavy atom. The molecule has 2 rings (SSSR count). The van der Waals surface area contributed by atoms with Gasteiger partial charge in [0.1, 0.15) is 5.75 Å². The van der Waals surface area contributed by atoms with Gasteiger partial charge in [-0.2, -0.15) is 0 Å². The fourth-order valence-electron chi connectivity index (χ4n) is 2.08. The Labute approximate surface area is 107 Å². The van der Waals surface area contributed by atoms with Crippen LogP contribution in [0.15, 0.2) is 30.9 Å². The maximum Gasteiger partial charge on any atom is 0.263 e. The van der Waals surface area contributed by atoms with E-state index in [0.29, 0.717) is 12.1 Å². The summed E-state index contributed by atoms with van der Waals surface area (Å²) >= 11 is 0. The first-order valence-corrected chi connectivity index (χ1v) is 6.02. The highest BCUT2D eigenvalue weighted by Crippen LogP contribution is 2.25. The predicted octanol–water partition coefficient (Wildman–Crippen LogP) is 1.61. The summed E-state index contributed by atoms with van der Waals surface area (Å²) in [4.78, 5) is 13.5. The van der Waals surface area contributed by atoms with Crippen molar-refractivity contribution in [2.45, 2.75) is 18.9 Å². The topological polar surface area (TPSA) is 55.6 Å². The molecular weight excluding hydrogens is 228 g/mol. The Morgan fingerprint density at radius 1 is 1.61 bits per heavy atom. The quantitative estimate of drug-likeness (QED) is 0.648. The summed E-state index contributed by atoms with van der Waals surface area (Å²) in [5.74, 6) is 0.758. The number of likely N-dealkylation sites (N-methyl/N-ethyl adjacent to an activating group) is 1. The van der Waals surface area contributed by atoms with Crippen molar-refractivity contribution in [2.75, 3.05) is 19.3 Å². The summed E-state index contributed by atoms with van der Waals surface area (Å²) in [5.41, 5.74) is 7.40. The fraction of sp³-hybridized carbons (Fsp3) is 0.357. The molecular formula is C14H18N2O2. The van der Waals surface area contributed by atoms with Crippen LogP contribution in [0.5, 0.6) is 5.75 Å². The van der Waals surface area contributed by atoms with Crippen LogP contribution in [-0.2, 0) is 11.2 Å². The van der Waals surface area contributed by atoms with Gasteiger partial charge in [0.2, 0.25) is 0 Å². The summed E-state index contributed by atoms with van der Waals surface area (Å²) in [6, 6.07) is 5.46. The first-order chi connectivity index (χ1) is 8.61. The average Bonchev–Trinajstić information content (AvgIpc) is 2.65. The third kappa shape index (κ3) is 2.47. The maximum atomic E-state index is 11.8. The van der Waals surface area contributed by atoms with Crippen molar-refractivity contribution in [1.82, 2.24) is 4.90 Å². The van der Waals surface area contributed by atoms with Gasteiger partial charge in [-0.15, -0.1) is 6.58 Å². The zero-order valence-electron chi connectivity index (χ0n) is 10.6. The van der Waals surface area contributed by atoms with Crippen LogP contribution in [0.4, 0.5) is 5.69 Å². The van der Waals surface area contributed by atoms with Crippen molar-refractivity contribution in [3.05, 3.63) is 36.4 Å². The van der Waals surface area contributed by atoms with Gasteiger partial charge in [0.25, 0.3) is 5.91 Å². The summed E-state index contributed by atoms with van der Waals surface area (Å²) < 4.78 is 5.80. The third-order valence-electron chi connectivity index (χ3n) is 3.10. The first-order valence-electron chi connectivity index (χ1n) is 6.02. The van der Waals surface area contributed by atoms with E-state index >= 15 is 0 Å². The molecule has 1 aromatic carbocycles. The lowest BCUT2D eigenvalue weighted by Gasteiger charge is -2.16. The van der Waals surface area contributed by atoms with Gasteiger partial charge in [-0.3, -0.25) is 4.79 Å². The summed E-state index contributed by atoms with van der Waals surface area (Å²) in [5, 5.41) is 0. The number of anilines is 1. The lowest BCUT2D eigenvalue weighted by Crippen LogP contribution is -2.29. The van der Waals surface area contributed by atoms with Gasteiger partial charge >= 0.3 is 0 Å². The van der Waals surface area contributed by atoms with E-state index in [1.54, 1.807) is 24.1 Å². The highest BCUT2D eigenvalue weighted by molar-refractivity contribution is 5.83. The number of hydrogen-bond donors (Lipinski definition) is 1. The number of carbonyl (C=O) groups is 1. The molecule has 1 saturated heterocycles. The number of nitrogens with zero attached hydrogens (tertiary/aromatic N) is 1. The number of nitrogen functional groups attached to an aromatic ring is 1. The van der Waals surface area contributed by atoms with Crippen molar-refractivity contribution in [3.8, 4) is 5.75 Å². The number of nitrogens with two attached hydrogens (primary N) is 1. The van der Waals surface area contributed by atoms with Gasteiger partial charge in [-0.25, -0.2) is 0 Å². The van der Waals surface area contributed by atoms with Crippen LogP contribution in [0.2, 0.25) is 0 Å². The van der Waals surface area contributed by atoms with E-state index in [2.05, 4.69) is 6.58 Å². The zero-order valence-corrected chi connectivity index (χ0v) is 10.6. The molecule has 2 N–H and O–H groups in total. The minimum Gasteiger partial charge on any atom is -0.480 e. The van der Waals surface area contributed by atoms with Crippen LogP contribution in [-0.4, -0.2) is 30.5 Å². The molecule has 1 unspecified atom stereocenters. The molecule has 18 heavy (non-hydrogen) atoms. The first kappa shape index (κ1) is 12.5. The number of likely N-dealkylation sites (tertiary alicyclic amines) is 1. The van der Waals surface area contributed by atoms with Gasteiger partial charge in [-0.05, 0) is 30.2 Å². The Morgan fingerprint density at radius 3 is 3.00 bits per heavy atom. The second-order valence-corrected chi connectivity index (χ2v) is 4.51. The zero-order chi connectivity index (χ0) is 13.1. The highest BCUT2D eigenvalue weighted by atomic mass is 16.5. The molecule has 0 radical (unpaired) electrons. The van der Waals surface area contributed by atoms with Crippen molar-refractivity contribution < 1.29 is 9.53 Å². The Kier molecular flexibility index (Phi) is 3.55. The molecule has 0 aromatic heterocycles. The van der Waals surface area contributed by atoms with Crippen LogP contribution in [0.1, 0.15) is 12.0 Å². The summed E-state index contributed by atoms with van der Waals surface area (Å²) in [7, 11) is 1.79. The van der Waals surface area contributed by atoms with Crippen LogP contribution >= 0.6 is 0 Å². The number of rotatable bonds is 4. The van der Waals surface area contributed by atoms with E-state index in [9.17, 15) is 4.79 Å². The minimum absolute atomic E-state index is 0.0383. The lowest BCUT2D eigenvalue weighted by molar-refractivity contribution is -0.132. The molecule has 0 saturated carbocycles. The van der Waals surface area contributed by atoms with Gasteiger partial charge < -0.3 is 15.4 Å². The lowest BCUT2D eigenvalue weighted by atomic mass is 10.1. The second-order valence-electron chi connectivity index (χ2n) is 4.51. The van der Waals surface area contributed by atoms with Gasteiger partial charge in [-0.1, -0.05) is 6.08 Å². The average molecular weight is 246 g/mol. The minimum atomic E-state index is -0.373. The maximum absolute atomic E-state index is 11.8. The molecule has 1 aromatic rings. The molecule has 0 bridgehead atoms. The van der Waals surface area contributed by atoms with Gasteiger partial charge in [0.15, 0.2) is 6.10 Å². The smallest absolute Gasteiger partial charge is 0.263 e. The third-order valence-corrected chi connectivity index (χ3v) is 3.10. The van der Waals surface area contributed by atoms with Crippen LogP contribution in [0.25, 0.3) is 0 Å². The van der Waals surface area contributed by atoms with E-state index in [4.69, 9.17) is 10.5 Å². The number of amides is 1. The fourth-order valence-corrected chi connectivity index (χ4v) is 2.08. The molecule has 1 fully saturated rings. The molecule has 1 amide bonds. The Bertz CT molecular complexity index is 471.